The predicted octanol–water partition coefficient (Wildman–Crippen LogP) is 4.47. The van der Waals surface area contributed by atoms with Crippen LogP contribution in [0, 0.1) is 0 Å². The minimum absolute atomic E-state index is 0.132. The Morgan fingerprint density at radius 2 is 1.74 bits per heavy atom. The number of rotatable bonds is 10. The molecule has 0 saturated heterocycles. The summed E-state index contributed by atoms with van der Waals surface area (Å²) in [4.78, 5) is 19.8. The fourth-order valence-electron chi connectivity index (χ4n) is 3.97. The van der Waals surface area contributed by atoms with Gasteiger partial charge in [-0.15, -0.1) is 0 Å². The Kier molecular flexibility index (Phi) is 7.45. The van der Waals surface area contributed by atoms with Gasteiger partial charge in [-0.2, -0.15) is 0 Å². The molecule has 7 nitrogen and oxygen atoms in total. The molecule has 2 heterocycles. The summed E-state index contributed by atoms with van der Waals surface area (Å²) < 4.78 is 12.0. The lowest BCUT2D eigenvalue weighted by molar-refractivity contribution is 0.139. The van der Waals surface area contributed by atoms with E-state index in [0.29, 0.717) is 24.7 Å². The van der Waals surface area contributed by atoms with Gasteiger partial charge in [-0.05, 0) is 46.9 Å². The molecule has 2 aromatic carbocycles. The molecule has 178 valence electrons. The van der Waals surface area contributed by atoms with Crippen LogP contribution in [-0.4, -0.2) is 46.9 Å². The third-order valence-corrected chi connectivity index (χ3v) is 5.95. The molecule has 0 aliphatic heterocycles. The number of hydrogen-bond acceptors (Lipinski definition) is 5. The van der Waals surface area contributed by atoms with Crippen LogP contribution in [0.3, 0.4) is 0 Å². The van der Waals surface area contributed by atoms with Gasteiger partial charge in [-0.3, -0.25) is 14.8 Å². The number of fused-ring (bicyclic) bond motifs is 1. The second-order valence-electron chi connectivity index (χ2n) is 8.78. The number of aromatic amines is 1. The highest BCUT2D eigenvalue weighted by Gasteiger charge is 2.13. The summed E-state index contributed by atoms with van der Waals surface area (Å²) in [7, 11) is 3.34. The summed E-state index contributed by atoms with van der Waals surface area (Å²) in [6, 6.07) is 19.9. The lowest BCUT2D eigenvalue weighted by atomic mass is 10.0. The number of nitrogens with zero attached hydrogens (tertiary/aromatic N) is 3. The van der Waals surface area contributed by atoms with Crippen LogP contribution in [0.5, 0.6) is 5.75 Å². The summed E-state index contributed by atoms with van der Waals surface area (Å²) in [6.07, 6.45) is 0. The van der Waals surface area contributed by atoms with E-state index in [1.165, 1.54) is 15.6 Å². The van der Waals surface area contributed by atoms with Crippen LogP contribution in [0.15, 0.2) is 65.5 Å². The quantitative estimate of drug-likeness (QED) is 0.378. The molecule has 0 amide bonds. The van der Waals surface area contributed by atoms with Crippen molar-refractivity contribution in [3.8, 4) is 17.0 Å². The van der Waals surface area contributed by atoms with Gasteiger partial charge >= 0.3 is 0 Å². The van der Waals surface area contributed by atoms with E-state index in [9.17, 15) is 4.79 Å². The van der Waals surface area contributed by atoms with Gasteiger partial charge in [0, 0.05) is 38.9 Å². The van der Waals surface area contributed by atoms with E-state index in [4.69, 9.17) is 14.5 Å². The molecular weight excluding hydrogens is 428 g/mol. The van der Waals surface area contributed by atoms with Gasteiger partial charge in [-0.25, -0.2) is 9.50 Å². The highest BCUT2D eigenvalue weighted by atomic mass is 16.5. The largest absolute Gasteiger partial charge is 0.497 e. The molecule has 7 heteroatoms. The van der Waals surface area contributed by atoms with Gasteiger partial charge in [0.25, 0.3) is 5.56 Å². The molecule has 4 aromatic rings. The molecule has 2 aromatic heterocycles. The summed E-state index contributed by atoms with van der Waals surface area (Å²) in [5.74, 6) is 1.29. The van der Waals surface area contributed by atoms with E-state index in [2.05, 4.69) is 48.1 Å². The second-order valence-corrected chi connectivity index (χ2v) is 8.78. The van der Waals surface area contributed by atoms with Crippen molar-refractivity contribution in [3.05, 3.63) is 87.8 Å². The van der Waals surface area contributed by atoms with Gasteiger partial charge in [-0.1, -0.05) is 38.1 Å². The number of aromatic nitrogens is 3. The number of hydrogen-bond donors (Lipinski definition) is 1. The molecule has 0 aliphatic rings. The topological polar surface area (TPSA) is 71.9 Å². The fraction of sp³-hybridized carbons (Fsp3) is 0.333. The Morgan fingerprint density at radius 3 is 2.38 bits per heavy atom. The number of benzene rings is 2. The number of ether oxygens (including phenoxy) is 2. The van der Waals surface area contributed by atoms with Gasteiger partial charge in [0.1, 0.15) is 5.75 Å². The zero-order chi connectivity index (χ0) is 24.1. The van der Waals surface area contributed by atoms with Crippen molar-refractivity contribution in [1.29, 1.82) is 0 Å². The highest BCUT2D eigenvalue weighted by Crippen LogP contribution is 2.22. The summed E-state index contributed by atoms with van der Waals surface area (Å²) in [5.41, 5.74) is 5.54. The van der Waals surface area contributed by atoms with Crippen molar-refractivity contribution in [1.82, 2.24) is 19.5 Å². The fourth-order valence-corrected chi connectivity index (χ4v) is 3.97. The molecule has 4 rings (SSSR count). The van der Waals surface area contributed by atoms with Gasteiger partial charge in [0.15, 0.2) is 5.65 Å². The van der Waals surface area contributed by atoms with E-state index in [1.54, 1.807) is 20.3 Å². The predicted molar refractivity (Wildman–Crippen MR) is 134 cm³/mol. The Hall–Kier alpha value is -3.42. The molecule has 0 bridgehead atoms. The average Bonchev–Trinajstić information content (AvgIpc) is 3.28. The zero-order valence-electron chi connectivity index (χ0n) is 20.2. The molecule has 0 radical (unpaired) electrons. The second kappa shape index (κ2) is 10.7. The average molecular weight is 461 g/mol. The van der Waals surface area contributed by atoms with Crippen LogP contribution in [-0.2, 0) is 17.8 Å². The number of methoxy groups -OCH3 is 2. The Labute approximate surface area is 200 Å². The number of nitrogens with one attached hydrogen (secondary N) is 1. The third kappa shape index (κ3) is 5.55. The van der Waals surface area contributed by atoms with Crippen LogP contribution >= 0.6 is 0 Å². The maximum atomic E-state index is 12.8. The van der Waals surface area contributed by atoms with Gasteiger partial charge in [0.2, 0.25) is 0 Å². The normalized spacial score (nSPS) is 11.6. The molecule has 34 heavy (non-hydrogen) atoms. The molecule has 0 spiro atoms. The first-order valence-corrected chi connectivity index (χ1v) is 11.5. The van der Waals surface area contributed by atoms with Crippen LogP contribution in [0.4, 0.5) is 0 Å². The van der Waals surface area contributed by atoms with Crippen molar-refractivity contribution in [2.75, 3.05) is 27.4 Å². The van der Waals surface area contributed by atoms with Gasteiger partial charge in [0.05, 0.1) is 25.1 Å². The van der Waals surface area contributed by atoms with E-state index >= 15 is 0 Å². The summed E-state index contributed by atoms with van der Waals surface area (Å²) >= 11 is 0. The van der Waals surface area contributed by atoms with Crippen molar-refractivity contribution in [2.45, 2.75) is 32.9 Å². The molecular formula is C27H32N4O3. The summed E-state index contributed by atoms with van der Waals surface area (Å²) in [6.45, 7) is 7.06. The van der Waals surface area contributed by atoms with Crippen LogP contribution in [0.1, 0.15) is 36.6 Å². The third-order valence-electron chi connectivity index (χ3n) is 5.95. The molecule has 0 saturated carbocycles. The monoisotopic (exact) mass is 460 g/mol. The lowest BCUT2D eigenvalue weighted by Gasteiger charge is -2.22. The smallest absolute Gasteiger partial charge is 0.272 e. The maximum absolute atomic E-state index is 12.8. The van der Waals surface area contributed by atoms with Crippen molar-refractivity contribution < 1.29 is 9.47 Å². The minimum Gasteiger partial charge on any atom is -0.497 e. The van der Waals surface area contributed by atoms with Crippen LogP contribution in [0.25, 0.3) is 16.9 Å². The minimum atomic E-state index is -0.132. The molecule has 0 fully saturated rings. The molecule has 0 atom stereocenters. The van der Waals surface area contributed by atoms with Gasteiger partial charge < -0.3 is 9.47 Å². The van der Waals surface area contributed by atoms with E-state index in [0.717, 1.165) is 35.8 Å². The number of H-pyrrole nitrogens is 1. The lowest BCUT2D eigenvalue weighted by Crippen LogP contribution is -2.28. The first-order valence-electron chi connectivity index (χ1n) is 11.5. The molecule has 1 N–H and O–H groups in total. The van der Waals surface area contributed by atoms with Crippen molar-refractivity contribution in [3.63, 3.8) is 0 Å². The van der Waals surface area contributed by atoms with Crippen LogP contribution < -0.4 is 10.3 Å². The van der Waals surface area contributed by atoms with Crippen molar-refractivity contribution >= 4 is 5.65 Å². The Balaban J connectivity index is 1.56. The van der Waals surface area contributed by atoms with Crippen molar-refractivity contribution in [2.24, 2.45) is 0 Å². The van der Waals surface area contributed by atoms with E-state index in [-0.39, 0.29) is 5.56 Å². The first-order chi connectivity index (χ1) is 16.5. The summed E-state index contributed by atoms with van der Waals surface area (Å²) in [5, 5.41) is 3.15. The molecule has 0 aliphatic carbocycles. The SMILES string of the molecule is COCCN(Cc1ccc(C(C)C)cc1)Cc1cc(=O)n2[nH]c(-c3ccc(OC)cc3)cc2n1. The first kappa shape index (κ1) is 23.7. The maximum Gasteiger partial charge on any atom is 0.272 e. The standard InChI is InChI=1S/C27H32N4O3/c1-19(2)21-7-5-20(6-8-21)17-30(13-14-33-3)18-23-15-27(32)31-26(28-23)16-25(29-31)22-9-11-24(34-4)12-10-22/h5-12,15-16,19,29H,13-14,17-18H2,1-4H3. The van der Waals surface area contributed by atoms with E-state index in [1.807, 2.05) is 30.3 Å². The van der Waals surface area contributed by atoms with Crippen LogP contribution in [0.2, 0.25) is 0 Å². The zero-order valence-corrected chi connectivity index (χ0v) is 20.2. The Morgan fingerprint density at radius 1 is 1.00 bits per heavy atom. The molecule has 0 unspecified atom stereocenters. The van der Waals surface area contributed by atoms with E-state index < -0.39 is 0 Å². The Bertz CT molecular complexity index is 1270. The highest BCUT2D eigenvalue weighted by molar-refractivity contribution is 5.64.